The van der Waals surface area contributed by atoms with Crippen LogP contribution in [0.25, 0.3) is 10.9 Å². The lowest BCUT2D eigenvalue weighted by Crippen LogP contribution is -2.40. The molecule has 0 saturated carbocycles. The Hall–Kier alpha value is -1.72. The van der Waals surface area contributed by atoms with Gasteiger partial charge in [0.25, 0.3) is 0 Å². The first kappa shape index (κ1) is 21.0. The number of para-hydroxylation sites is 2. The number of hydrogen-bond acceptors (Lipinski definition) is 3. The van der Waals surface area contributed by atoms with Crippen molar-refractivity contribution in [3.8, 4) is 5.75 Å². The predicted octanol–water partition coefficient (Wildman–Crippen LogP) is 4.86. The van der Waals surface area contributed by atoms with Gasteiger partial charge in [-0.3, -0.25) is 0 Å². The third kappa shape index (κ3) is 4.81. The number of halogens is 2. The molecule has 4 rings (SSSR count). The maximum absolute atomic E-state index is 10.3. The second-order valence-corrected chi connectivity index (χ2v) is 7.67. The summed E-state index contributed by atoms with van der Waals surface area (Å²) in [6.45, 7) is 2.87. The van der Waals surface area contributed by atoms with Crippen molar-refractivity contribution < 1.29 is 9.84 Å². The Kier molecular flexibility index (Phi) is 7.24. The van der Waals surface area contributed by atoms with E-state index in [2.05, 4.69) is 40.3 Å². The average molecular weight is 421 g/mol. The molecule has 1 aromatic heterocycles. The van der Waals surface area contributed by atoms with Crippen molar-refractivity contribution in [3.05, 3.63) is 65.3 Å². The SMILES string of the molecule is Cl.OC(COc1ccccc1Cl)CN1CCC(c2c[nH]c3ccccc23)CC1. The Labute approximate surface area is 176 Å². The lowest BCUT2D eigenvalue weighted by molar-refractivity contribution is 0.0595. The number of nitrogens with one attached hydrogen (secondary N) is 1. The van der Waals surface area contributed by atoms with Crippen molar-refractivity contribution in [3.63, 3.8) is 0 Å². The van der Waals surface area contributed by atoms with E-state index in [1.54, 1.807) is 6.07 Å². The van der Waals surface area contributed by atoms with Crippen LogP contribution in [0.1, 0.15) is 24.3 Å². The summed E-state index contributed by atoms with van der Waals surface area (Å²) < 4.78 is 5.66. The summed E-state index contributed by atoms with van der Waals surface area (Å²) in [4.78, 5) is 5.71. The lowest BCUT2D eigenvalue weighted by Gasteiger charge is -2.33. The fourth-order valence-electron chi connectivity index (χ4n) is 3.96. The minimum absolute atomic E-state index is 0. The Bertz CT molecular complexity index is 891. The largest absolute Gasteiger partial charge is 0.489 e. The highest BCUT2D eigenvalue weighted by Crippen LogP contribution is 2.33. The summed E-state index contributed by atoms with van der Waals surface area (Å²) in [5.74, 6) is 1.20. The smallest absolute Gasteiger partial charge is 0.138 e. The number of aromatic amines is 1. The Morgan fingerprint density at radius 2 is 1.82 bits per heavy atom. The fraction of sp³-hybridized carbons (Fsp3) is 0.364. The van der Waals surface area contributed by atoms with Crippen LogP contribution < -0.4 is 4.74 Å². The van der Waals surface area contributed by atoms with Gasteiger partial charge >= 0.3 is 0 Å². The molecule has 3 aromatic rings. The standard InChI is InChI=1S/C22H25ClN2O2.ClH/c23-20-6-2-4-8-22(20)27-15-17(26)14-25-11-9-16(10-12-25)19-13-24-21-7-3-1-5-18(19)21;/h1-8,13,16-17,24,26H,9-12,14-15H2;1H. The van der Waals surface area contributed by atoms with Gasteiger partial charge in [-0.15, -0.1) is 12.4 Å². The second-order valence-electron chi connectivity index (χ2n) is 7.26. The van der Waals surface area contributed by atoms with E-state index in [-0.39, 0.29) is 19.0 Å². The molecule has 4 nitrogen and oxygen atoms in total. The number of benzene rings is 2. The van der Waals surface area contributed by atoms with E-state index in [0.717, 1.165) is 25.9 Å². The molecule has 1 atom stereocenters. The number of fused-ring (bicyclic) bond motifs is 1. The summed E-state index contributed by atoms with van der Waals surface area (Å²) in [5, 5.41) is 12.2. The number of rotatable bonds is 6. The predicted molar refractivity (Wildman–Crippen MR) is 117 cm³/mol. The zero-order chi connectivity index (χ0) is 18.6. The quantitative estimate of drug-likeness (QED) is 0.598. The zero-order valence-corrected chi connectivity index (χ0v) is 17.3. The third-order valence-electron chi connectivity index (χ3n) is 5.39. The molecule has 1 aliphatic heterocycles. The summed E-state index contributed by atoms with van der Waals surface area (Å²) in [5.41, 5.74) is 2.63. The Balaban J connectivity index is 0.00000225. The molecule has 1 saturated heterocycles. The van der Waals surface area contributed by atoms with E-state index in [1.807, 2.05) is 18.2 Å². The molecule has 0 aliphatic carbocycles. The minimum Gasteiger partial charge on any atom is -0.489 e. The van der Waals surface area contributed by atoms with Gasteiger partial charge in [0.05, 0.1) is 5.02 Å². The molecule has 0 bridgehead atoms. The maximum atomic E-state index is 10.3. The molecule has 2 aromatic carbocycles. The highest BCUT2D eigenvalue weighted by Gasteiger charge is 2.24. The second kappa shape index (κ2) is 9.66. The van der Waals surface area contributed by atoms with Gasteiger partial charge in [0.15, 0.2) is 0 Å². The fourth-order valence-corrected chi connectivity index (χ4v) is 4.15. The van der Waals surface area contributed by atoms with Crippen LogP contribution in [0.15, 0.2) is 54.7 Å². The number of aromatic nitrogens is 1. The molecule has 0 spiro atoms. The third-order valence-corrected chi connectivity index (χ3v) is 5.70. The topological polar surface area (TPSA) is 48.5 Å². The summed E-state index contributed by atoms with van der Waals surface area (Å²) in [6.07, 6.45) is 3.86. The first-order valence-corrected chi connectivity index (χ1v) is 9.92. The molecule has 1 aliphatic rings. The van der Waals surface area contributed by atoms with Crippen molar-refractivity contribution in [1.82, 2.24) is 9.88 Å². The first-order chi connectivity index (χ1) is 13.2. The number of nitrogens with zero attached hydrogens (tertiary/aromatic N) is 1. The summed E-state index contributed by atoms with van der Waals surface area (Å²) in [6, 6.07) is 15.8. The summed E-state index contributed by atoms with van der Waals surface area (Å²) in [7, 11) is 0. The number of hydrogen-bond donors (Lipinski definition) is 2. The van der Waals surface area contributed by atoms with Crippen LogP contribution in [0, 0.1) is 0 Å². The molecule has 2 N–H and O–H groups in total. The Morgan fingerprint density at radius 1 is 1.11 bits per heavy atom. The van der Waals surface area contributed by atoms with Gasteiger partial charge in [-0.25, -0.2) is 0 Å². The number of ether oxygens (including phenoxy) is 1. The zero-order valence-electron chi connectivity index (χ0n) is 15.7. The molecule has 2 heterocycles. The Morgan fingerprint density at radius 3 is 2.61 bits per heavy atom. The molecule has 6 heteroatoms. The minimum atomic E-state index is -0.522. The maximum Gasteiger partial charge on any atom is 0.138 e. The molecule has 0 amide bonds. The van der Waals surface area contributed by atoms with Crippen LogP contribution >= 0.6 is 24.0 Å². The van der Waals surface area contributed by atoms with Gasteiger partial charge in [0.1, 0.15) is 18.5 Å². The lowest BCUT2D eigenvalue weighted by atomic mass is 9.89. The van der Waals surface area contributed by atoms with Gasteiger partial charge in [-0.05, 0) is 55.6 Å². The van der Waals surface area contributed by atoms with E-state index in [9.17, 15) is 5.11 Å². The molecule has 150 valence electrons. The monoisotopic (exact) mass is 420 g/mol. The van der Waals surface area contributed by atoms with Crippen molar-refractivity contribution in [1.29, 1.82) is 0 Å². The molecule has 0 radical (unpaired) electrons. The molecule has 1 fully saturated rings. The number of H-pyrrole nitrogens is 1. The van der Waals surface area contributed by atoms with Crippen LogP contribution in [0.3, 0.4) is 0 Å². The van der Waals surface area contributed by atoms with Crippen molar-refractivity contribution in [2.45, 2.75) is 24.9 Å². The molecular formula is C22H26Cl2N2O2. The van der Waals surface area contributed by atoms with Crippen molar-refractivity contribution in [2.75, 3.05) is 26.2 Å². The average Bonchev–Trinajstić information content (AvgIpc) is 3.12. The van der Waals surface area contributed by atoms with Crippen LogP contribution in [-0.4, -0.2) is 47.3 Å². The number of β-amino-alcohol motifs (C(OH)–C–C–N with tert-alkyl or cyclic N) is 1. The first-order valence-electron chi connectivity index (χ1n) is 9.54. The molecular weight excluding hydrogens is 395 g/mol. The normalized spacial score (nSPS) is 16.6. The number of aliphatic hydroxyl groups excluding tert-OH is 1. The van der Waals surface area contributed by atoms with Gasteiger partial charge in [0.2, 0.25) is 0 Å². The van der Waals surface area contributed by atoms with Gasteiger partial charge in [-0.1, -0.05) is 41.9 Å². The summed E-state index contributed by atoms with van der Waals surface area (Å²) >= 11 is 6.09. The van der Waals surface area contributed by atoms with Gasteiger partial charge in [0, 0.05) is 23.6 Å². The highest BCUT2D eigenvalue weighted by molar-refractivity contribution is 6.32. The van der Waals surface area contributed by atoms with Gasteiger partial charge < -0.3 is 19.7 Å². The van der Waals surface area contributed by atoms with Crippen LogP contribution in [0.5, 0.6) is 5.75 Å². The van der Waals surface area contributed by atoms with Crippen LogP contribution in [-0.2, 0) is 0 Å². The number of piperidine rings is 1. The van der Waals surface area contributed by atoms with E-state index in [4.69, 9.17) is 16.3 Å². The molecule has 1 unspecified atom stereocenters. The van der Waals surface area contributed by atoms with Crippen LogP contribution in [0.4, 0.5) is 0 Å². The van der Waals surface area contributed by atoms with Crippen molar-refractivity contribution >= 4 is 34.9 Å². The van der Waals surface area contributed by atoms with Gasteiger partial charge in [-0.2, -0.15) is 0 Å². The van der Waals surface area contributed by atoms with E-state index in [1.165, 1.54) is 16.5 Å². The number of likely N-dealkylation sites (tertiary alicyclic amines) is 1. The highest BCUT2D eigenvalue weighted by atomic mass is 35.5. The molecule has 28 heavy (non-hydrogen) atoms. The van der Waals surface area contributed by atoms with E-state index >= 15 is 0 Å². The van der Waals surface area contributed by atoms with E-state index in [0.29, 0.717) is 23.2 Å². The van der Waals surface area contributed by atoms with Crippen molar-refractivity contribution in [2.24, 2.45) is 0 Å². The van der Waals surface area contributed by atoms with Crippen LogP contribution in [0.2, 0.25) is 5.02 Å². The van der Waals surface area contributed by atoms with E-state index < -0.39 is 6.10 Å². The number of aliphatic hydroxyl groups is 1.